The first-order valence-corrected chi connectivity index (χ1v) is 6.96. The van der Waals surface area contributed by atoms with Crippen LogP contribution in [0.1, 0.15) is 11.0 Å². The molecule has 2 rings (SSSR count). The van der Waals surface area contributed by atoms with Gasteiger partial charge in [-0.2, -0.15) is 0 Å². The van der Waals surface area contributed by atoms with E-state index in [1.807, 2.05) is 17.5 Å². The first-order valence-electron chi connectivity index (χ1n) is 6.08. The van der Waals surface area contributed by atoms with Gasteiger partial charge < -0.3 is 15.2 Å². The second kappa shape index (κ2) is 7.08. The van der Waals surface area contributed by atoms with Gasteiger partial charge in [0.1, 0.15) is 6.10 Å². The molecule has 0 amide bonds. The van der Waals surface area contributed by atoms with Crippen LogP contribution in [0.3, 0.4) is 0 Å². The summed E-state index contributed by atoms with van der Waals surface area (Å²) in [5, 5.41) is 15.1. The molecular weight excluding hydrogens is 236 g/mol. The summed E-state index contributed by atoms with van der Waals surface area (Å²) in [7, 11) is 0. The molecule has 1 fully saturated rings. The highest BCUT2D eigenvalue weighted by Gasteiger charge is 2.10. The molecule has 1 aliphatic heterocycles. The molecule has 0 spiro atoms. The van der Waals surface area contributed by atoms with Gasteiger partial charge in [-0.15, -0.1) is 11.3 Å². The van der Waals surface area contributed by atoms with Crippen molar-refractivity contribution < 1.29 is 9.84 Å². The Bertz CT molecular complexity index is 299. The molecule has 4 nitrogen and oxygen atoms in total. The number of aliphatic hydroxyl groups excluding tert-OH is 1. The molecule has 2 heterocycles. The Morgan fingerprint density at radius 2 is 2.29 bits per heavy atom. The summed E-state index contributed by atoms with van der Waals surface area (Å²) in [6, 6.07) is 3.94. The lowest BCUT2D eigenvalue weighted by Crippen LogP contribution is -2.40. The average Bonchev–Trinajstić information content (AvgIpc) is 2.89. The molecule has 1 saturated heterocycles. The van der Waals surface area contributed by atoms with Crippen LogP contribution in [0.4, 0.5) is 0 Å². The monoisotopic (exact) mass is 256 g/mol. The lowest BCUT2D eigenvalue weighted by Gasteiger charge is -2.26. The maximum atomic E-state index is 9.86. The van der Waals surface area contributed by atoms with Gasteiger partial charge in [0.15, 0.2) is 0 Å². The first kappa shape index (κ1) is 13.0. The van der Waals surface area contributed by atoms with Crippen molar-refractivity contribution in [1.82, 2.24) is 10.2 Å². The normalized spacial score (nSPS) is 19.4. The third-order valence-corrected chi connectivity index (χ3v) is 3.89. The zero-order valence-electron chi connectivity index (χ0n) is 9.97. The molecule has 17 heavy (non-hydrogen) atoms. The van der Waals surface area contributed by atoms with Crippen LogP contribution in [0.2, 0.25) is 0 Å². The van der Waals surface area contributed by atoms with E-state index < -0.39 is 0 Å². The van der Waals surface area contributed by atoms with E-state index in [2.05, 4.69) is 10.2 Å². The van der Waals surface area contributed by atoms with Crippen LogP contribution < -0.4 is 5.32 Å². The Morgan fingerprint density at radius 1 is 1.47 bits per heavy atom. The van der Waals surface area contributed by atoms with E-state index in [1.165, 1.54) is 0 Å². The molecular formula is C12H20N2O2S. The van der Waals surface area contributed by atoms with Crippen LogP contribution in [0.15, 0.2) is 17.5 Å². The fraction of sp³-hybridized carbons (Fsp3) is 0.667. The number of nitrogens with one attached hydrogen (secondary N) is 1. The minimum Gasteiger partial charge on any atom is -0.386 e. The lowest BCUT2D eigenvalue weighted by atomic mass is 10.3. The Kier molecular flexibility index (Phi) is 5.41. The van der Waals surface area contributed by atoms with Gasteiger partial charge in [-0.1, -0.05) is 6.07 Å². The zero-order chi connectivity index (χ0) is 11.9. The van der Waals surface area contributed by atoms with Crippen molar-refractivity contribution in [3.63, 3.8) is 0 Å². The SMILES string of the molecule is OC(CNCCN1CCOCC1)c1cccs1. The second-order valence-corrected chi connectivity index (χ2v) is 5.17. The van der Waals surface area contributed by atoms with Crippen LogP contribution >= 0.6 is 11.3 Å². The molecule has 96 valence electrons. The van der Waals surface area contributed by atoms with Crippen molar-refractivity contribution in [3.8, 4) is 0 Å². The summed E-state index contributed by atoms with van der Waals surface area (Å²) in [5.41, 5.74) is 0. The third kappa shape index (κ3) is 4.37. The van der Waals surface area contributed by atoms with E-state index >= 15 is 0 Å². The minimum absolute atomic E-state index is 0.375. The summed E-state index contributed by atoms with van der Waals surface area (Å²) >= 11 is 1.60. The first-order chi connectivity index (χ1) is 8.36. The highest BCUT2D eigenvalue weighted by Crippen LogP contribution is 2.17. The molecule has 0 saturated carbocycles. The number of nitrogens with zero attached hydrogens (tertiary/aromatic N) is 1. The highest BCUT2D eigenvalue weighted by atomic mass is 32.1. The molecule has 1 aliphatic rings. The molecule has 1 atom stereocenters. The van der Waals surface area contributed by atoms with Gasteiger partial charge >= 0.3 is 0 Å². The van der Waals surface area contributed by atoms with E-state index in [0.717, 1.165) is 44.3 Å². The summed E-state index contributed by atoms with van der Waals surface area (Å²) in [4.78, 5) is 3.41. The zero-order valence-corrected chi connectivity index (χ0v) is 10.8. The van der Waals surface area contributed by atoms with E-state index in [0.29, 0.717) is 6.54 Å². The molecule has 5 heteroatoms. The average molecular weight is 256 g/mol. The predicted molar refractivity (Wildman–Crippen MR) is 69.4 cm³/mol. The molecule has 2 N–H and O–H groups in total. The molecule has 1 aromatic heterocycles. The number of ether oxygens (including phenoxy) is 1. The van der Waals surface area contributed by atoms with Gasteiger partial charge in [0, 0.05) is 37.6 Å². The number of thiophene rings is 1. The van der Waals surface area contributed by atoms with Gasteiger partial charge in [0.25, 0.3) is 0 Å². The van der Waals surface area contributed by atoms with Crippen molar-refractivity contribution in [2.24, 2.45) is 0 Å². The van der Waals surface area contributed by atoms with Gasteiger partial charge in [-0.25, -0.2) is 0 Å². The van der Waals surface area contributed by atoms with E-state index in [-0.39, 0.29) is 6.10 Å². The predicted octanol–water partition coefficient (Wildman–Crippen LogP) is 0.703. The van der Waals surface area contributed by atoms with Gasteiger partial charge in [-0.05, 0) is 11.4 Å². The quantitative estimate of drug-likeness (QED) is 0.736. The Balaban J connectivity index is 1.56. The number of hydrogen-bond acceptors (Lipinski definition) is 5. The van der Waals surface area contributed by atoms with Crippen molar-refractivity contribution in [3.05, 3.63) is 22.4 Å². The second-order valence-electron chi connectivity index (χ2n) is 4.19. The van der Waals surface area contributed by atoms with E-state index in [1.54, 1.807) is 11.3 Å². The lowest BCUT2D eigenvalue weighted by molar-refractivity contribution is 0.0380. The third-order valence-electron chi connectivity index (χ3n) is 2.92. The van der Waals surface area contributed by atoms with Crippen molar-refractivity contribution in [2.45, 2.75) is 6.10 Å². The summed E-state index contributed by atoms with van der Waals surface area (Å²) in [6.07, 6.45) is -0.375. The van der Waals surface area contributed by atoms with Gasteiger partial charge in [-0.3, -0.25) is 4.90 Å². The largest absolute Gasteiger partial charge is 0.386 e. The minimum atomic E-state index is -0.375. The molecule has 1 aromatic rings. The Hall–Kier alpha value is -0.460. The summed E-state index contributed by atoms with van der Waals surface area (Å²) < 4.78 is 5.29. The van der Waals surface area contributed by atoms with Gasteiger partial charge in [0.05, 0.1) is 13.2 Å². The number of hydrogen-bond donors (Lipinski definition) is 2. The Labute approximate surface area is 106 Å². The smallest absolute Gasteiger partial charge is 0.101 e. The van der Waals surface area contributed by atoms with Crippen LogP contribution in [0.25, 0.3) is 0 Å². The molecule has 0 aromatic carbocycles. The number of morpholine rings is 1. The van der Waals surface area contributed by atoms with Crippen LogP contribution in [-0.4, -0.2) is 55.9 Å². The van der Waals surface area contributed by atoms with Crippen LogP contribution in [0.5, 0.6) is 0 Å². The van der Waals surface area contributed by atoms with Crippen LogP contribution in [0, 0.1) is 0 Å². The maximum Gasteiger partial charge on any atom is 0.101 e. The molecule has 0 aliphatic carbocycles. The number of aliphatic hydroxyl groups is 1. The molecule has 1 unspecified atom stereocenters. The highest BCUT2D eigenvalue weighted by molar-refractivity contribution is 7.10. The van der Waals surface area contributed by atoms with E-state index in [4.69, 9.17) is 4.74 Å². The van der Waals surface area contributed by atoms with Crippen molar-refractivity contribution in [2.75, 3.05) is 45.9 Å². The van der Waals surface area contributed by atoms with Crippen molar-refractivity contribution >= 4 is 11.3 Å². The van der Waals surface area contributed by atoms with E-state index in [9.17, 15) is 5.11 Å². The van der Waals surface area contributed by atoms with Crippen molar-refractivity contribution in [1.29, 1.82) is 0 Å². The fourth-order valence-corrected chi connectivity index (χ4v) is 2.59. The standard InChI is InChI=1S/C12H20N2O2S/c15-11(12-2-1-9-17-12)10-13-3-4-14-5-7-16-8-6-14/h1-2,9,11,13,15H,3-8,10H2. The maximum absolute atomic E-state index is 9.86. The van der Waals surface area contributed by atoms with Crippen LogP contribution in [-0.2, 0) is 4.74 Å². The summed E-state index contributed by atoms with van der Waals surface area (Å²) in [6.45, 7) is 6.31. The molecule has 0 radical (unpaired) electrons. The fourth-order valence-electron chi connectivity index (χ4n) is 1.88. The molecule has 0 bridgehead atoms. The number of rotatable bonds is 6. The van der Waals surface area contributed by atoms with Gasteiger partial charge in [0.2, 0.25) is 0 Å². The Morgan fingerprint density at radius 3 is 3.00 bits per heavy atom. The summed E-state index contributed by atoms with van der Waals surface area (Å²) in [5.74, 6) is 0. The topological polar surface area (TPSA) is 44.7 Å².